The SMILES string of the molecule is CCOC(=O)CN(C(=O)COC(=O)c1snnc1CC)c1ccccc1. The Morgan fingerprint density at radius 2 is 1.85 bits per heavy atom. The molecule has 0 radical (unpaired) electrons. The number of anilines is 1. The van der Waals surface area contributed by atoms with Crippen molar-refractivity contribution in [2.45, 2.75) is 20.3 Å². The number of aryl methyl sites for hydroxylation is 1. The second-order valence-electron chi connectivity index (χ2n) is 5.10. The summed E-state index contributed by atoms with van der Waals surface area (Å²) in [6.07, 6.45) is 0.536. The molecule has 0 saturated heterocycles. The van der Waals surface area contributed by atoms with E-state index in [0.717, 1.165) is 11.5 Å². The fourth-order valence-corrected chi connectivity index (χ4v) is 2.78. The Bertz CT molecular complexity index is 763. The van der Waals surface area contributed by atoms with Crippen LogP contribution in [0.4, 0.5) is 5.69 Å². The van der Waals surface area contributed by atoms with Gasteiger partial charge in [0.15, 0.2) is 11.5 Å². The summed E-state index contributed by atoms with van der Waals surface area (Å²) in [5.41, 5.74) is 1.04. The average Bonchev–Trinajstić information content (AvgIpc) is 3.13. The normalized spacial score (nSPS) is 10.2. The molecule has 0 unspecified atom stereocenters. The highest BCUT2D eigenvalue weighted by molar-refractivity contribution is 7.07. The number of hydrogen-bond acceptors (Lipinski definition) is 8. The van der Waals surface area contributed by atoms with Crippen LogP contribution in [0.15, 0.2) is 30.3 Å². The van der Waals surface area contributed by atoms with Crippen LogP contribution in [0.2, 0.25) is 0 Å². The van der Waals surface area contributed by atoms with Crippen molar-refractivity contribution in [3.63, 3.8) is 0 Å². The molecule has 1 amide bonds. The Morgan fingerprint density at radius 1 is 1.12 bits per heavy atom. The van der Waals surface area contributed by atoms with Crippen LogP contribution >= 0.6 is 11.5 Å². The first-order valence-corrected chi connectivity index (χ1v) is 8.83. The van der Waals surface area contributed by atoms with Gasteiger partial charge in [-0.3, -0.25) is 14.5 Å². The first-order valence-electron chi connectivity index (χ1n) is 8.06. The van der Waals surface area contributed by atoms with Gasteiger partial charge in [-0.1, -0.05) is 29.6 Å². The third-order valence-corrected chi connectivity index (χ3v) is 4.11. The van der Waals surface area contributed by atoms with Crippen LogP contribution in [0.25, 0.3) is 0 Å². The van der Waals surface area contributed by atoms with Gasteiger partial charge in [-0.15, -0.1) is 5.10 Å². The van der Waals surface area contributed by atoms with E-state index in [-0.39, 0.29) is 18.0 Å². The van der Waals surface area contributed by atoms with Crippen molar-refractivity contribution < 1.29 is 23.9 Å². The summed E-state index contributed by atoms with van der Waals surface area (Å²) in [5.74, 6) is -1.74. The highest BCUT2D eigenvalue weighted by Gasteiger charge is 2.23. The highest BCUT2D eigenvalue weighted by atomic mass is 32.1. The number of carbonyl (C=O) groups is 3. The van der Waals surface area contributed by atoms with Gasteiger partial charge in [0, 0.05) is 5.69 Å². The van der Waals surface area contributed by atoms with Crippen molar-refractivity contribution in [3.05, 3.63) is 40.9 Å². The number of ether oxygens (including phenoxy) is 2. The van der Waals surface area contributed by atoms with Gasteiger partial charge < -0.3 is 9.47 Å². The van der Waals surface area contributed by atoms with Gasteiger partial charge in [-0.05, 0) is 37.0 Å². The number of para-hydroxylation sites is 1. The first-order chi connectivity index (χ1) is 12.6. The number of esters is 2. The molecule has 0 saturated carbocycles. The summed E-state index contributed by atoms with van der Waals surface area (Å²) in [7, 11) is 0. The van der Waals surface area contributed by atoms with Gasteiger partial charge >= 0.3 is 11.9 Å². The second kappa shape index (κ2) is 9.62. The number of benzene rings is 1. The van der Waals surface area contributed by atoms with Crippen LogP contribution < -0.4 is 4.90 Å². The molecule has 0 aliphatic heterocycles. The number of nitrogens with zero attached hydrogens (tertiary/aromatic N) is 3. The number of rotatable bonds is 8. The molecule has 0 spiro atoms. The van der Waals surface area contributed by atoms with E-state index in [9.17, 15) is 14.4 Å². The topological polar surface area (TPSA) is 98.7 Å². The maximum atomic E-state index is 12.5. The van der Waals surface area contributed by atoms with E-state index in [1.54, 1.807) is 37.3 Å². The number of aromatic nitrogens is 2. The van der Waals surface area contributed by atoms with Crippen molar-refractivity contribution >= 4 is 35.1 Å². The van der Waals surface area contributed by atoms with E-state index in [2.05, 4.69) is 9.59 Å². The quantitative estimate of drug-likeness (QED) is 0.647. The molecule has 2 aromatic rings. The van der Waals surface area contributed by atoms with Crippen LogP contribution in [0.3, 0.4) is 0 Å². The lowest BCUT2D eigenvalue weighted by Crippen LogP contribution is -2.39. The van der Waals surface area contributed by atoms with Gasteiger partial charge in [0.25, 0.3) is 5.91 Å². The fourth-order valence-electron chi connectivity index (χ4n) is 2.13. The molecule has 0 atom stereocenters. The van der Waals surface area contributed by atoms with E-state index in [1.807, 2.05) is 6.92 Å². The summed E-state index contributed by atoms with van der Waals surface area (Å²) >= 11 is 0.921. The minimum absolute atomic E-state index is 0.211. The maximum absolute atomic E-state index is 12.5. The van der Waals surface area contributed by atoms with Gasteiger partial charge in [0.05, 0.1) is 12.3 Å². The average molecular weight is 377 g/mol. The molecule has 26 heavy (non-hydrogen) atoms. The molecule has 0 bridgehead atoms. The molecular formula is C17H19N3O5S. The van der Waals surface area contributed by atoms with E-state index >= 15 is 0 Å². The van der Waals surface area contributed by atoms with Crippen LogP contribution in [0.1, 0.15) is 29.2 Å². The van der Waals surface area contributed by atoms with Crippen molar-refractivity contribution in [1.82, 2.24) is 9.59 Å². The Morgan fingerprint density at radius 3 is 2.50 bits per heavy atom. The zero-order chi connectivity index (χ0) is 18.9. The maximum Gasteiger partial charge on any atom is 0.352 e. The van der Waals surface area contributed by atoms with Crippen molar-refractivity contribution in [2.75, 3.05) is 24.7 Å². The predicted octanol–water partition coefficient (Wildman–Crippen LogP) is 1.85. The summed E-state index contributed by atoms with van der Waals surface area (Å²) in [5, 5.41) is 3.84. The second-order valence-corrected chi connectivity index (χ2v) is 5.85. The first kappa shape index (κ1) is 19.5. The molecule has 1 aromatic carbocycles. The van der Waals surface area contributed by atoms with E-state index < -0.39 is 24.5 Å². The van der Waals surface area contributed by atoms with Gasteiger partial charge in [-0.2, -0.15) is 0 Å². The van der Waals surface area contributed by atoms with Crippen molar-refractivity contribution in [3.8, 4) is 0 Å². The van der Waals surface area contributed by atoms with Crippen LogP contribution in [0, 0.1) is 0 Å². The summed E-state index contributed by atoms with van der Waals surface area (Å²) in [6.45, 7) is 2.96. The molecule has 0 aliphatic carbocycles. The Balaban J connectivity index is 2.06. The van der Waals surface area contributed by atoms with Crippen LogP contribution in [-0.2, 0) is 25.5 Å². The number of amides is 1. The standard InChI is InChI=1S/C17H19N3O5S/c1-3-13-16(26-19-18-13)17(23)25-11-14(21)20(10-15(22)24-4-2)12-8-6-5-7-9-12/h5-9H,3-4,10-11H2,1-2H3. The molecule has 8 nitrogen and oxygen atoms in total. The summed E-state index contributed by atoms with van der Waals surface area (Å²) in [6, 6.07) is 8.63. The minimum Gasteiger partial charge on any atom is -0.465 e. The van der Waals surface area contributed by atoms with Crippen molar-refractivity contribution in [2.24, 2.45) is 0 Å². The third kappa shape index (κ3) is 5.09. The molecule has 2 rings (SSSR count). The molecular weight excluding hydrogens is 358 g/mol. The third-order valence-electron chi connectivity index (χ3n) is 3.36. The van der Waals surface area contributed by atoms with Crippen molar-refractivity contribution in [1.29, 1.82) is 0 Å². The lowest BCUT2D eigenvalue weighted by molar-refractivity contribution is -0.142. The van der Waals surface area contributed by atoms with Gasteiger partial charge in [-0.25, -0.2) is 4.79 Å². The lowest BCUT2D eigenvalue weighted by Gasteiger charge is -2.21. The minimum atomic E-state index is -0.658. The highest BCUT2D eigenvalue weighted by Crippen LogP contribution is 2.15. The smallest absolute Gasteiger partial charge is 0.352 e. The zero-order valence-corrected chi connectivity index (χ0v) is 15.3. The largest absolute Gasteiger partial charge is 0.465 e. The number of hydrogen-bond donors (Lipinski definition) is 0. The molecule has 0 N–H and O–H groups in total. The molecule has 0 fully saturated rings. The Hall–Kier alpha value is -2.81. The van der Waals surface area contributed by atoms with Gasteiger partial charge in [0.1, 0.15) is 6.54 Å². The Kier molecular flexibility index (Phi) is 7.22. The molecule has 0 aliphatic rings. The molecule has 1 heterocycles. The Labute approximate surface area is 154 Å². The van der Waals surface area contributed by atoms with E-state index in [1.165, 1.54) is 4.90 Å². The number of carbonyl (C=O) groups excluding carboxylic acids is 3. The van der Waals surface area contributed by atoms with E-state index in [4.69, 9.17) is 9.47 Å². The van der Waals surface area contributed by atoms with Crippen LogP contribution in [0.5, 0.6) is 0 Å². The molecule has 1 aromatic heterocycles. The van der Waals surface area contributed by atoms with Gasteiger partial charge in [0.2, 0.25) is 0 Å². The fraction of sp³-hybridized carbons (Fsp3) is 0.353. The lowest BCUT2D eigenvalue weighted by atomic mass is 10.3. The summed E-state index contributed by atoms with van der Waals surface area (Å²) < 4.78 is 13.7. The molecule has 138 valence electrons. The monoisotopic (exact) mass is 377 g/mol. The molecule has 9 heteroatoms. The van der Waals surface area contributed by atoms with E-state index in [0.29, 0.717) is 17.8 Å². The van der Waals surface area contributed by atoms with Crippen LogP contribution in [-0.4, -0.2) is 47.2 Å². The zero-order valence-electron chi connectivity index (χ0n) is 14.5. The predicted molar refractivity (Wildman–Crippen MR) is 95.0 cm³/mol. The summed E-state index contributed by atoms with van der Waals surface area (Å²) in [4.78, 5) is 37.9.